The fraction of sp³-hybridized carbons (Fsp3) is 0. The van der Waals surface area contributed by atoms with Crippen molar-refractivity contribution in [2.45, 2.75) is 0 Å². The molecule has 0 saturated heterocycles. The third kappa shape index (κ3) is 1.68. The average Bonchev–Trinajstić information content (AvgIpc) is 2.58. The fourth-order valence-electron chi connectivity index (χ4n) is 0.901. The van der Waals surface area contributed by atoms with Gasteiger partial charge in [0.15, 0.2) is 0 Å². The molecule has 2 rings (SSSR count). The van der Waals surface area contributed by atoms with Crippen LogP contribution in [0.3, 0.4) is 0 Å². The maximum atomic E-state index is 2.37. The van der Waals surface area contributed by atoms with Gasteiger partial charge >= 0.3 is 0 Å². The van der Waals surface area contributed by atoms with E-state index in [4.69, 9.17) is 0 Å². The topological polar surface area (TPSA) is 0 Å². The summed E-state index contributed by atoms with van der Waals surface area (Å²) in [5, 5.41) is 2.13. The molecule has 2 heteroatoms. The summed E-state index contributed by atoms with van der Waals surface area (Å²) in [5.41, 5.74) is 1.41. The second kappa shape index (κ2) is 3.45. The molecule has 0 nitrogen and oxygen atoms in total. The number of allylic oxidation sites excluding steroid dienone is 3. The van der Waals surface area contributed by atoms with E-state index >= 15 is 0 Å². The van der Waals surface area contributed by atoms with E-state index in [1.807, 2.05) is 11.3 Å². The van der Waals surface area contributed by atoms with Gasteiger partial charge in [0.2, 0.25) is 0 Å². The van der Waals surface area contributed by atoms with Crippen LogP contribution in [0, 0.1) is 0 Å². The highest BCUT2D eigenvalue weighted by Crippen LogP contribution is 2.23. The molecule has 0 fully saturated rings. The van der Waals surface area contributed by atoms with E-state index in [0.717, 1.165) is 0 Å². The SMILES string of the molecule is C1=CI=CC(c2cccs2)=C1. The predicted molar refractivity (Wildman–Crippen MR) is 61.5 cm³/mol. The van der Waals surface area contributed by atoms with Crippen molar-refractivity contribution >= 4 is 41.7 Å². The number of hydrogen-bond acceptors (Lipinski definition) is 1. The van der Waals surface area contributed by atoms with E-state index in [0.29, 0.717) is 0 Å². The van der Waals surface area contributed by atoms with E-state index in [9.17, 15) is 0 Å². The Morgan fingerprint density at radius 1 is 1.36 bits per heavy atom. The van der Waals surface area contributed by atoms with Crippen molar-refractivity contribution in [3.8, 4) is 0 Å². The standard InChI is InChI=1S/C9H7IS/c1-3-8(7-10-5-1)9-4-2-6-11-9/h1-7H. The first-order valence-electron chi connectivity index (χ1n) is 3.33. The normalized spacial score (nSPS) is 15.8. The Labute approximate surface area is 80.0 Å². The molecule has 0 aliphatic carbocycles. The van der Waals surface area contributed by atoms with Crippen LogP contribution >= 0.6 is 32.1 Å². The van der Waals surface area contributed by atoms with Crippen LogP contribution in [-0.4, -0.2) is 4.01 Å². The molecule has 1 aromatic heterocycles. The van der Waals surface area contributed by atoms with E-state index in [2.05, 4.69) is 37.8 Å². The summed E-state index contributed by atoms with van der Waals surface area (Å²) in [6.45, 7) is 0. The molecule has 11 heavy (non-hydrogen) atoms. The molecule has 0 atom stereocenters. The van der Waals surface area contributed by atoms with E-state index in [1.54, 1.807) is 0 Å². The largest absolute Gasteiger partial charge is 0.144 e. The van der Waals surface area contributed by atoms with Gasteiger partial charge in [0.05, 0.1) is 0 Å². The van der Waals surface area contributed by atoms with Crippen LogP contribution in [0.2, 0.25) is 0 Å². The van der Waals surface area contributed by atoms with E-state index < -0.39 is 0 Å². The highest BCUT2D eigenvalue weighted by atomic mass is 127. The summed E-state index contributed by atoms with van der Waals surface area (Å²) in [6, 6.07) is 4.28. The maximum Gasteiger partial charge on any atom is 0.0347 e. The van der Waals surface area contributed by atoms with Crippen molar-refractivity contribution in [3.63, 3.8) is 0 Å². The van der Waals surface area contributed by atoms with Gasteiger partial charge in [-0.3, -0.25) is 0 Å². The summed E-state index contributed by atoms with van der Waals surface area (Å²) in [5.74, 6) is 0. The van der Waals surface area contributed by atoms with Crippen LogP contribution in [-0.2, 0) is 0 Å². The number of halogens is 1. The lowest BCUT2D eigenvalue weighted by molar-refractivity contribution is 1.91. The van der Waals surface area contributed by atoms with E-state index in [-0.39, 0.29) is 20.7 Å². The van der Waals surface area contributed by atoms with Crippen LogP contribution in [0.4, 0.5) is 0 Å². The number of hydrogen-bond donors (Lipinski definition) is 0. The Balaban J connectivity index is 2.38. The van der Waals surface area contributed by atoms with Gasteiger partial charge in [-0.15, -0.1) is 11.3 Å². The third-order valence-electron chi connectivity index (χ3n) is 1.41. The van der Waals surface area contributed by atoms with Crippen molar-refractivity contribution < 1.29 is 0 Å². The number of thiophene rings is 1. The molecular formula is C9H7IS. The summed E-state index contributed by atoms with van der Waals surface area (Å²) >= 11 is 2.01. The first-order valence-corrected chi connectivity index (χ1v) is 6.70. The summed E-state index contributed by atoms with van der Waals surface area (Å²) in [6.07, 6.45) is 4.36. The van der Waals surface area contributed by atoms with Gasteiger partial charge in [0.25, 0.3) is 0 Å². The second-order valence-electron chi connectivity index (χ2n) is 2.15. The number of rotatable bonds is 1. The van der Waals surface area contributed by atoms with Gasteiger partial charge in [-0.05, 0) is 25.1 Å². The Hall–Kier alpha value is -0.220. The van der Waals surface area contributed by atoms with Gasteiger partial charge in [0, 0.05) is 4.88 Å². The molecule has 0 spiro atoms. The first kappa shape index (κ1) is 7.43. The highest BCUT2D eigenvalue weighted by Gasteiger charge is 1.98. The van der Waals surface area contributed by atoms with Crippen LogP contribution < -0.4 is 0 Å². The minimum atomic E-state index is 0.201. The van der Waals surface area contributed by atoms with Gasteiger partial charge in [-0.25, -0.2) is 0 Å². The predicted octanol–water partition coefficient (Wildman–Crippen LogP) is 3.43. The highest BCUT2D eigenvalue weighted by molar-refractivity contribution is 14.2. The molecule has 0 unspecified atom stereocenters. The first-order chi connectivity index (χ1) is 5.47. The van der Waals surface area contributed by atoms with E-state index in [1.165, 1.54) is 10.5 Å². The van der Waals surface area contributed by atoms with Gasteiger partial charge in [-0.2, -0.15) is 0 Å². The van der Waals surface area contributed by atoms with Crippen LogP contribution in [0.25, 0.3) is 5.57 Å². The molecule has 0 saturated carbocycles. The average molecular weight is 274 g/mol. The summed E-state index contributed by atoms with van der Waals surface area (Å²) in [4.78, 5) is 1.40. The Morgan fingerprint density at radius 3 is 3.00 bits per heavy atom. The Morgan fingerprint density at radius 2 is 2.36 bits per heavy atom. The van der Waals surface area contributed by atoms with Gasteiger partial charge in [0.1, 0.15) is 0 Å². The lowest BCUT2D eigenvalue weighted by Crippen LogP contribution is -1.79. The van der Waals surface area contributed by atoms with Gasteiger partial charge in [-0.1, -0.05) is 38.9 Å². The monoisotopic (exact) mass is 274 g/mol. The van der Waals surface area contributed by atoms with Crippen LogP contribution in [0.15, 0.2) is 33.7 Å². The molecule has 2 heterocycles. The Bertz CT molecular complexity index is 317. The zero-order chi connectivity index (χ0) is 7.52. The summed E-state index contributed by atoms with van der Waals surface area (Å²) < 4.78 is 4.64. The maximum absolute atomic E-state index is 2.37. The van der Waals surface area contributed by atoms with Crippen molar-refractivity contribution in [3.05, 3.63) is 38.6 Å². The zero-order valence-electron chi connectivity index (χ0n) is 5.83. The molecule has 0 aromatic carbocycles. The van der Waals surface area contributed by atoms with Crippen molar-refractivity contribution in [1.82, 2.24) is 0 Å². The molecule has 1 aliphatic heterocycles. The lowest BCUT2D eigenvalue weighted by atomic mass is 10.2. The lowest BCUT2D eigenvalue weighted by Gasteiger charge is -1.97. The molecule has 0 amide bonds. The van der Waals surface area contributed by atoms with Crippen molar-refractivity contribution in [2.24, 2.45) is 0 Å². The molecular weight excluding hydrogens is 267 g/mol. The molecule has 0 bridgehead atoms. The van der Waals surface area contributed by atoms with Crippen LogP contribution in [0.1, 0.15) is 4.88 Å². The molecule has 0 N–H and O–H groups in total. The smallest absolute Gasteiger partial charge is 0.0347 e. The molecule has 1 aromatic rings. The fourth-order valence-corrected chi connectivity index (χ4v) is 3.42. The quantitative estimate of drug-likeness (QED) is 0.688. The Kier molecular flexibility index (Phi) is 2.33. The van der Waals surface area contributed by atoms with Crippen molar-refractivity contribution in [1.29, 1.82) is 0 Å². The minimum Gasteiger partial charge on any atom is -0.144 e. The molecule has 56 valence electrons. The zero-order valence-corrected chi connectivity index (χ0v) is 8.80. The molecule has 1 aliphatic rings. The molecule has 0 radical (unpaired) electrons. The summed E-state index contributed by atoms with van der Waals surface area (Å²) in [7, 11) is 0. The van der Waals surface area contributed by atoms with Crippen LogP contribution in [0.5, 0.6) is 0 Å². The second-order valence-corrected chi connectivity index (χ2v) is 5.16. The minimum absolute atomic E-state index is 0.201. The third-order valence-corrected chi connectivity index (χ3v) is 4.19. The van der Waals surface area contributed by atoms with Gasteiger partial charge < -0.3 is 0 Å². The van der Waals surface area contributed by atoms with Crippen molar-refractivity contribution in [2.75, 3.05) is 0 Å².